The number of ether oxygens (including phenoxy) is 1. The number of carbonyl (C=O) groups is 1. The Balaban J connectivity index is 1.44. The lowest BCUT2D eigenvalue weighted by atomic mass is 10.0. The lowest BCUT2D eigenvalue weighted by Gasteiger charge is -2.34. The molecule has 4 aromatic rings. The Kier molecular flexibility index (Phi) is 5.37. The molecule has 0 spiro atoms. The van der Waals surface area contributed by atoms with Gasteiger partial charge in [-0.3, -0.25) is 10.00 Å². The van der Waals surface area contributed by atoms with E-state index in [9.17, 15) is 4.79 Å². The van der Waals surface area contributed by atoms with Crippen LogP contribution in [0.15, 0.2) is 48.8 Å². The number of aromatic nitrogens is 5. The molecule has 2 fully saturated rings. The molecule has 1 aromatic carbocycles. The van der Waals surface area contributed by atoms with Crippen LogP contribution in [0, 0.1) is 0 Å². The van der Waals surface area contributed by atoms with Gasteiger partial charge in [0.1, 0.15) is 5.82 Å². The molecular weight excluding hydrogens is 444 g/mol. The van der Waals surface area contributed by atoms with Gasteiger partial charge in [-0.25, -0.2) is 9.78 Å². The second-order valence-electron chi connectivity index (χ2n) is 8.94. The summed E-state index contributed by atoms with van der Waals surface area (Å²) >= 11 is 0. The first-order valence-electron chi connectivity index (χ1n) is 12.0. The van der Waals surface area contributed by atoms with E-state index in [1.165, 1.54) is 0 Å². The van der Waals surface area contributed by atoms with Crippen molar-refractivity contribution in [2.24, 2.45) is 0 Å². The van der Waals surface area contributed by atoms with Crippen molar-refractivity contribution in [3.8, 4) is 16.9 Å². The van der Waals surface area contributed by atoms with Gasteiger partial charge in [0, 0.05) is 43.3 Å². The maximum absolute atomic E-state index is 12.6. The molecule has 0 radical (unpaired) electrons. The summed E-state index contributed by atoms with van der Waals surface area (Å²) in [5.74, 6) is 1.65. The van der Waals surface area contributed by atoms with E-state index in [0.29, 0.717) is 19.8 Å². The van der Waals surface area contributed by atoms with Crippen LogP contribution in [0.4, 0.5) is 16.3 Å². The Morgan fingerprint density at radius 2 is 2.00 bits per heavy atom. The molecule has 6 rings (SSSR count). The van der Waals surface area contributed by atoms with E-state index in [4.69, 9.17) is 9.72 Å². The molecule has 1 N–H and O–H groups in total. The summed E-state index contributed by atoms with van der Waals surface area (Å²) in [5.41, 5.74) is 3.77. The molecule has 0 bridgehead atoms. The number of hydrogen-bond donors (Lipinski definition) is 1. The summed E-state index contributed by atoms with van der Waals surface area (Å²) in [6.45, 7) is 8.48. The third-order valence-electron chi connectivity index (χ3n) is 6.87. The molecule has 0 unspecified atom stereocenters. The van der Waals surface area contributed by atoms with Crippen molar-refractivity contribution in [3.63, 3.8) is 0 Å². The summed E-state index contributed by atoms with van der Waals surface area (Å²) in [6.07, 6.45) is 3.55. The zero-order chi connectivity index (χ0) is 23.9. The van der Waals surface area contributed by atoms with Gasteiger partial charge in [0.25, 0.3) is 0 Å². The number of aromatic amines is 1. The largest absolute Gasteiger partial charge is 0.377 e. The van der Waals surface area contributed by atoms with Gasteiger partial charge in [-0.15, -0.1) is 0 Å². The summed E-state index contributed by atoms with van der Waals surface area (Å²) < 4.78 is 7.44. The number of urea groups is 1. The normalized spacial score (nSPS) is 18.7. The Hall–Kier alpha value is -3.92. The molecular formula is C25H28N8O2. The fourth-order valence-corrected chi connectivity index (χ4v) is 4.92. The SMILES string of the molecule is CCN1CCN(c2ccc(-c3cc(N4CCOC[C@H]4C)nc4c3cnn4-c3ccn[nH]3)cc2)C1=O. The number of hydrogen-bond acceptors (Lipinski definition) is 6. The number of benzene rings is 1. The summed E-state index contributed by atoms with van der Waals surface area (Å²) in [7, 11) is 0. The summed E-state index contributed by atoms with van der Waals surface area (Å²) in [6, 6.07) is 12.5. The molecule has 2 aliphatic heterocycles. The molecule has 10 heteroatoms. The predicted molar refractivity (Wildman–Crippen MR) is 134 cm³/mol. The molecule has 5 heterocycles. The Morgan fingerprint density at radius 3 is 2.71 bits per heavy atom. The van der Waals surface area contributed by atoms with Crippen molar-refractivity contribution in [2.75, 3.05) is 49.2 Å². The van der Waals surface area contributed by atoms with Gasteiger partial charge in [-0.2, -0.15) is 14.9 Å². The van der Waals surface area contributed by atoms with Crippen LogP contribution in [0.5, 0.6) is 0 Å². The van der Waals surface area contributed by atoms with E-state index in [1.807, 2.05) is 41.1 Å². The first-order valence-corrected chi connectivity index (χ1v) is 12.0. The highest BCUT2D eigenvalue weighted by Gasteiger charge is 2.28. The lowest BCUT2D eigenvalue weighted by Crippen LogP contribution is -2.44. The van der Waals surface area contributed by atoms with Crippen molar-refractivity contribution in [1.29, 1.82) is 0 Å². The third kappa shape index (κ3) is 3.70. The molecule has 0 aliphatic carbocycles. The van der Waals surface area contributed by atoms with Crippen molar-refractivity contribution >= 4 is 28.6 Å². The van der Waals surface area contributed by atoms with Gasteiger partial charge in [0.15, 0.2) is 11.5 Å². The average Bonchev–Trinajstić information content (AvgIpc) is 3.63. The highest BCUT2D eigenvalue weighted by Crippen LogP contribution is 2.34. The smallest absolute Gasteiger partial charge is 0.324 e. The quantitative estimate of drug-likeness (QED) is 0.479. The second kappa shape index (κ2) is 8.70. The molecule has 35 heavy (non-hydrogen) atoms. The standard InChI is InChI=1S/C25H28N8O2/c1-3-30-10-11-32(25(30)34)19-6-4-18(5-7-19)20-14-23(31-12-13-35-16-17(31)2)28-24-21(20)15-27-33(24)22-8-9-26-29-22/h4-9,14-15,17H,3,10-13,16H2,1-2H3,(H,26,29)/t17-/m1/s1. The minimum atomic E-state index is 0.0657. The number of rotatable bonds is 5. The number of amides is 2. The highest BCUT2D eigenvalue weighted by atomic mass is 16.5. The first kappa shape index (κ1) is 21.6. The molecule has 2 aliphatic rings. The summed E-state index contributed by atoms with van der Waals surface area (Å²) in [4.78, 5) is 23.7. The van der Waals surface area contributed by atoms with E-state index in [-0.39, 0.29) is 12.1 Å². The number of carbonyl (C=O) groups excluding carboxylic acids is 1. The predicted octanol–water partition coefficient (Wildman–Crippen LogP) is 3.30. The number of morpholine rings is 1. The van der Waals surface area contributed by atoms with Crippen LogP contribution in [0.25, 0.3) is 28.0 Å². The Bertz CT molecular complexity index is 1350. The molecule has 1 atom stereocenters. The van der Waals surface area contributed by atoms with E-state index >= 15 is 0 Å². The molecule has 0 saturated carbocycles. The fourth-order valence-electron chi connectivity index (χ4n) is 4.92. The fraction of sp³-hybridized carbons (Fsp3) is 0.360. The molecule has 2 amide bonds. The zero-order valence-electron chi connectivity index (χ0n) is 19.9. The number of nitrogens with zero attached hydrogens (tertiary/aromatic N) is 7. The van der Waals surface area contributed by atoms with Crippen LogP contribution in [0.2, 0.25) is 0 Å². The monoisotopic (exact) mass is 472 g/mol. The summed E-state index contributed by atoms with van der Waals surface area (Å²) in [5, 5.41) is 12.6. The average molecular weight is 473 g/mol. The number of fused-ring (bicyclic) bond motifs is 1. The Labute approximate surface area is 203 Å². The lowest BCUT2D eigenvalue weighted by molar-refractivity contribution is 0.0985. The van der Waals surface area contributed by atoms with E-state index in [1.54, 1.807) is 10.9 Å². The van der Waals surface area contributed by atoms with Crippen molar-refractivity contribution in [1.82, 2.24) is 29.9 Å². The molecule has 3 aromatic heterocycles. The molecule has 2 saturated heterocycles. The van der Waals surface area contributed by atoms with Gasteiger partial charge in [0.05, 0.1) is 31.6 Å². The van der Waals surface area contributed by atoms with E-state index in [2.05, 4.69) is 45.3 Å². The zero-order valence-corrected chi connectivity index (χ0v) is 19.9. The maximum atomic E-state index is 12.6. The number of likely N-dealkylation sites (N-methyl/N-ethyl adjacent to an activating group) is 1. The van der Waals surface area contributed by atoms with Crippen LogP contribution in [-0.4, -0.2) is 81.3 Å². The van der Waals surface area contributed by atoms with Gasteiger partial charge in [-0.1, -0.05) is 12.1 Å². The van der Waals surface area contributed by atoms with Crippen LogP contribution < -0.4 is 9.80 Å². The van der Waals surface area contributed by atoms with Gasteiger partial charge >= 0.3 is 6.03 Å². The van der Waals surface area contributed by atoms with Crippen LogP contribution in [0.1, 0.15) is 13.8 Å². The first-order chi connectivity index (χ1) is 17.1. The minimum absolute atomic E-state index is 0.0657. The number of nitrogens with one attached hydrogen (secondary N) is 1. The highest BCUT2D eigenvalue weighted by molar-refractivity contribution is 5.97. The van der Waals surface area contributed by atoms with Crippen molar-refractivity contribution in [2.45, 2.75) is 19.9 Å². The number of H-pyrrole nitrogens is 1. The van der Waals surface area contributed by atoms with Gasteiger partial charge in [0.2, 0.25) is 0 Å². The van der Waals surface area contributed by atoms with Crippen LogP contribution in [0.3, 0.4) is 0 Å². The van der Waals surface area contributed by atoms with Gasteiger partial charge < -0.3 is 14.5 Å². The maximum Gasteiger partial charge on any atom is 0.324 e. The topological polar surface area (TPSA) is 95.4 Å². The van der Waals surface area contributed by atoms with Crippen LogP contribution in [-0.2, 0) is 4.74 Å². The van der Waals surface area contributed by atoms with Crippen molar-refractivity contribution < 1.29 is 9.53 Å². The van der Waals surface area contributed by atoms with Gasteiger partial charge in [-0.05, 0) is 43.2 Å². The van der Waals surface area contributed by atoms with Crippen molar-refractivity contribution in [3.05, 3.63) is 48.8 Å². The van der Waals surface area contributed by atoms with E-state index in [0.717, 1.165) is 59.1 Å². The third-order valence-corrected chi connectivity index (χ3v) is 6.87. The van der Waals surface area contributed by atoms with Crippen LogP contribution >= 0.6 is 0 Å². The van der Waals surface area contributed by atoms with E-state index < -0.39 is 0 Å². The minimum Gasteiger partial charge on any atom is -0.377 e. The molecule has 180 valence electrons. The number of anilines is 2. The second-order valence-corrected chi connectivity index (χ2v) is 8.94. The number of pyridine rings is 1. The Morgan fingerprint density at radius 1 is 1.14 bits per heavy atom. The molecule has 10 nitrogen and oxygen atoms in total.